The second kappa shape index (κ2) is 9.17. The lowest BCUT2D eigenvalue weighted by molar-refractivity contribution is 0.0599. The van der Waals surface area contributed by atoms with Crippen molar-refractivity contribution in [2.75, 3.05) is 6.54 Å². The van der Waals surface area contributed by atoms with Crippen LogP contribution >= 0.6 is 0 Å². The predicted octanol–water partition coefficient (Wildman–Crippen LogP) is 4.65. The first-order valence-electron chi connectivity index (χ1n) is 11.2. The van der Waals surface area contributed by atoms with Crippen molar-refractivity contribution in [2.24, 2.45) is 7.05 Å². The number of carbonyl (C=O) groups excluding carboxylic acids is 1. The molecule has 0 saturated carbocycles. The van der Waals surface area contributed by atoms with Gasteiger partial charge in [0.2, 0.25) is 5.89 Å². The van der Waals surface area contributed by atoms with Crippen LogP contribution in [-0.4, -0.2) is 43.4 Å². The number of aromatic nitrogens is 4. The van der Waals surface area contributed by atoms with Crippen LogP contribution in [0.5, 0.6) is 0 Å². The molecule has 1 aliphatic heterocycles. The maximum atomic E-state index is 14.1. The zero-order chi connectivity index (χ0) is 23.7. The van der Waals surface area contributed by atoms with Crippen LogP contribution in [0.25, 0.3) is 22.6 Å². The largest absolute Gasteiger partial charge is 0.421 e. The van der Waals surface area contributed by atoms with E-state index in [2.05, 4.69) is 15.3 Å². The van der Waals surface area contributed by atoms with Crippen LogP contribution in [0.1, 0.15) is 35.6 Å². The van der Waals surface area contributed by atoms with E-state index in [9.17, 15) is 13.6 Å². The average molecular weight is 463 g/mol. The number of amides is 1. The molecule has 34 heavy (non-hydrogen) atoms. The Morgan fingerprint density at radius 2 is 1.85 bits per heavy atom. The van der Waals surface area contributed by atoms with Gasteiger partial charge >= 0.3 is 0 Å². The minimum atomic E-state index is -0.435. The Morgan fingerprint density at radius 3 is 2.65 bits per heavy atom. The first kappa shape index (κ1) is 21.9. The Morgan fingerprint density at radius 1 is 1.06 bits per heavy atom. The standard InChI is InChI=1S/C25H23F2N5O2/c1-31-15-20(16-9-11-17(26)12-10-16)23(30-31)25(33)32-13-5-4-6-18(32)14-22-28-29-24(34-22)19-7-2-3-8-21(19)27/h2-3,7-12,15,18H,4-6,13-14H2,1H3. The predicted molar refractivity (Wildman–Crippen MR) is 121 cm³/mol. The third-order valence-corrected chi connectivity index (χ3v) is 6.06. The summed E-state index contributed by atoms with van der Waals surface area (Å²) in [5.41, 5.74) is 1.93. The first-order valence-corrected chi connectivity index (χ1v) is 11.2. The van der Waals surface area contributed by atoms with Gasteiger partial charge in [0.25, 0.3) is 11.8 Å². The number of nitrogens with zero attached hydrogens (tertiary/aromatic N) is 5. The molecule has 4 aromatic rings. The van der Waals surface area contributed by atoms with Gasteiger partial charge in [-0.2, -0.15) is 5.10 Å². The molecule has 0 spiro atoms. The summed E-state index contributed by atoms with van der Waals surface area (Å²) < 4.78 is 34.8. The number of benzene rings is 2. The van der Waals surface area contributed by atoms with Crippen molar-refractivity contribution < 1.29 is 18.0 Å². The highest BCUT2D eigenvalue weighted by molar-refractivity contribution is 5.99. The zero-order valence-corrected chi connectivity index (χ0v) is 18.6. The molecule has 7 nitrogen and oxygen atoms in total. The normalized spacial score (nSPS) is 16.1. The lowest BCUT2D eigenvalue weighted by atomic mass is 9.97. The molecule has 5 rings (SSSR count). The molecule has 0 aliphatic carbocycles. The third-order valence-electron chi connectivity index (χ3n) is 6.06. The lowest BCUT2D eigenvalue weighted by Gasteiger charge is -2.34. The molecule has 0 N–H and O–H groups in total. The van der Waals surface area contributed by atoms with Crippen molar-refractivity contribution in [3.63, 3.8) is 0 Å². The van der Waals surface area contributed by atoms with E-state index in [4.69, 9.17) is 4.42 Å². The number of halogens is 2. The number of hydrogen-bond donors (Lipinski definition) is 0. The van der Waals surface area contributed by atoms with E-state index in [1.807, 2.05) is 0 Å². The number of likely N-dealkylation sites (tertiary alicyclic amines) is 1. The van der Waals surface area contributed by atoms with Crippen LogP contribution in [0.3, 0.4) is 0 Å². The van der Waals surface area contributed by atoms with E-state index in [0.29, 0.717) is 30.1 Å². The second-order valence-corrected chi connectivity index (χ2v) is 8.41. The Balaban J connectivity index is 1.39. The fraction of sp³-hybridized carbons (Fsp3) is 0.280. The summed E-state index contributed by atoms with van der Waals surface area (Å²) >= 11 is 0. The SMILES string of the molecule is Cn1cc(-c2ccc(F)cc2)c(C(=O)N2CCCCC2Cc2nnc(-c3ccccc3F)o2)n1. The van der Waals surface area contributed by atoms with E-state index in [1.54, 1.807) is 53.2 Å². The highest BCUT2D eigenvalue weighted by Gasteiger charge is 2.32. The molecule has 2 aromatic carbocycles. The molecular formula is C25H23F2N5O2. The van der Waals surface area contributed by atoms with Crippen LogP contribution in [0.2, 0.25) is 0 Å². The Labute approximate surface area is 195 Å². The van der Waals surface area contributed by atoms with Crippen LogP contribution in [0.15, 0.2) is 59.1 Å². The number of piperidine rings is 1. The fourth-order valence-corrected chi connectivity index (χ4v) is 4.38. The van der Waals surface area contributed by atoms with Crippen LogP contribution < -0.4 is 0 Å². The van der Waals surface area contributed by atoms with Crippen molar-refractivity contribution in [1.82, 2.24) is 24.9 Å². The van der Waals surface area contributed by atoms with E-state index in [0.717, 1.165) is 24.8 Å². The van der Waals surface area contributed by atoms with Crippen molar-refractivity contribution >= 4 is 5.91 Å². The van der Waals surface area contributed by atoms with Gasteiger partial charge in [-0.15, -0.1) is 10.2 Å². The monoisotopic (exact) mass is 463 g/mol. The third kappa shape index (κ3) is 4.33. The lowest BCUT2D eigenvalue weighted by Crippen LogP contribution is -2.45. The summed E-state index contributed by atoms with van der Waals surface area (Å²) in [6.45, 7) is 0.581. The summed E-state index contributed by atoms with van der Waals surface area (Å²) in [7, 11) is 1.75. The van der Waals surface area contributed by atoms with Gasteiger partial charge in [-0.3, -0.25) is 9.48 Å². The first-order chi connectivity index (χ1) is 16.5. The average Bonchev–Trinajstić information content (AvgIpc) is 3.46. The molecule has 3 heterocycles. The summed E-state index contributed by atoms with van der Waals surface area (Å²) in [4.78, 5) is 15.4. The second-order valence-electron chi connectivity index (χ2n) is 8.41. The van der Waals surface area contributed by atoms with Crippen LogP contribution in [0.4, 0.5) is 8.78 Å². The Hall–Kier alpha value is -3.88. The quantitative estimate of drug-likeness (QED) is 0.431. The zero-order valence-electron chi connectivity index (χ0n) is 18.6. The van der Waals surface area contributed by atoms with Gasteiger partial charge in [-0.25, -0.2) is 8.78 Å². The topological polar surface area (TPSA) is 77.0 Å². The van der Waals surface area contributed by atoms with Gasteiger partial charge in [0, 0.05) is 37.8 Å². The van der Waals surface area contributed by atoms with Gasteiger partial charge in [-0.1, -0.05) is 24.3 Å². The van der Waals surface area contributed by atoms with Gasteiger partial charge in [0.15, 0.2) is 5.69 Å². The molecule has 1 unspecified atom stereocenters. The molecule has 174 valence electrons. The van der Waals surface area contributed by atoms with E-state index < -0.39 is 5.82 Å². The molecule has 1 fully saturated rings. The summed E-state index contributed by atoms with van der Waals surface area (Å²) in [5.74, 6) is -0.507. The Bertz CT molecular complexity index is 1320. The van der Waals surface area contributed by atoms with Crippen molar-refractivity contribution in [3.8, 4) is 22.6 Å². The van der Waals surface area contributed by atoms with Crippen molar-refractivity contribution in [2.45, 2.75) is 31.7 Å². The number of aryl methyl sites for hydroxylation is 1. The number of carbonyl (C=O) groups is 1. The molecule has 0 bridgehead atoms. The van der Waals surface area contributed by atoms with Crippen LogP contribution in [0, 0.1) is 11.6 Å². The van der Waals surface area contributed by atoms with Gasteiger partial charge in [0.1, 0.15) is 11.6 Å². The maximum absolute atomic E-state index is 14.1. The number of hydrogen-bond acceptors (Lipinski definition) is 5. The summed E-state index contributed by atoms with van der Waals surface area (Å²) in [5, 5.41) is 12.5. The Kier molecular flexibility index (Phi) is 5.91. The van der Waals surface area contributed by atoms with Gasteiger partial charge in [0.05, 0.1) is 5.56 Å². The van der Waals surface area contributed by atoms with Crippen molar-refractivity contribution in [3.05, 3.63) is 77.9 Å². The molecule has 1 aliphatic rings. The van der Waals surface area contributed by atoms with E-state index in [-0.39, 0.29) is 29.2 Å². The molecule has 1 saturated heterocycles. The summed E-state index contributed by atoms with van der Waals surface area (Å²) in [6, 6.07) is 12.1. The molecule has 1 amide bonds. The van der Waals surface area contributed by atoms with E-state index in [1.165, 1.54) is 18.2 Å². The van der Waals surface area contributed by atoms with Crippen LogP contribution in [-0.2, 0) is 13.5 Å². The van der Waals surface area contributed by atoms with Gasteiger partial charge < -0.3 is 9.32 Å². The number of rotatable bonds is 5. The molecule has 9 heteroatoms. The minimum absolute atomic E-state index is 0.116. The molecule has 1 atom stereocenters. The van der Waals surface area contributed by atoms with E-state index >= 15 is 0 Å². The highest BCUT2D eigenvalue weighted by atomic mass is 19.1. The molecule has 2 aromatic heterocycles. The smallest absolute Gasteiger partial charge is 0.275 e. The fourth-order valence-electron chi connectivity index (χ4n) is 4.38. The van der Waals surface area contributed by atoms with Gasteiger partial charge in [-0.05, 0) is 49.1 Å². The maximum Gasteiger partial charge on any atom is 0.275 e. The summed E-state index contributed by atoms with van der Waals surface area (Å²) in [6.07, 6.45) is 4.76. The minimum Gasteiger partial charge on any atom is -0.421 e. The molecular weight excluding hydrogens is 440 g/mol. The molecule has 0 radical (unpaired) electrons. The highest BCUT2D eigenvalue weighted by Crippen LogP contribution is 2.29. The van der Waals surface area contributed by atoms with Crippen molar-refractivity contribution in [1.29, 1.82) is 0 Å².